The van der Waals surface area contributed by atoms with Gasteiger partial charge in [-0.2, -0.15) is 0 Å². The average molecular weight is 269 g/mol. The zero-order valence-corrected chi connectivity index (χ0v) is 12.2. The molecule has 1 aromatic heterocycles. The van der Waals surface area contributed by atoms with Gasteiger partial charge in [-0.05, 0) is 30.2 Å². The summed E-state index contributed by atoms with van der Waals surface area (Å²) in [5, 5.41) is 4.76. The lowest BCUT2D eigenvalue weighted by Crippen LogP contribution is -2.50. The number of aromatic nitrogens is 1. The van der Waals surface area contributed by atoms with Crippen molar-refractivity contribution < 1.29 is 0 Å². The van der Waals surface area contributed by atoms with E-state index in [1.165, 1.54) is 23.8 Å². The Hall–Kier alpha value is -1.45. The Morgan fingerprint density at radius 1 is 1.35 bits per heavy atom. The first kappa shape index (κ1) is 13.5. The van der Waals surface area contributed by atoms with E-state index in [0.717, 1.165) is 31.7 Å². The Bertz CT molecular complexity index is 565. The molecule has 1 N–H and O–H groups in total. The van der Waals surface area contributed by atoms with Gasteiger partial charge in [0, 0.05) is 43.8 Å². The van der Waals surface area contributed by atoms with Crippen molar-refractivity contribution in [3.05, 3.63) is 42.1 Å². The topological polar surface area (TPSA) is 28.2 Å². The lowest BCUT2D eigenvalue weighted by atomic mass is 10.1. The molecule has 3 heteroatoms. The van der Waals surface area contributed by atoms with Crippen LogP contribution in [-0.4, -0.2) is 35.6 Å². The highest BCUT2D eigenvalue weighted by Gasteiger charge is 2.21. The van der Waals surface area contributed by atoms with Gasteiger partial charge in [-0.3, -0.25) is 9.88 Å². The van der Waals surface area contributed by atoms with Gasteiger partial charge in [-0.25, -0.2) is 0 Å². The molecule has 1 unspecified atom stereocenters. The Labute approximate surface area is 121 Å². The van der Waals surface area contributed by atoms with Crippen LogP contribution in [-0.2, 0) is 6.54 Å². The number of fused-ring (bicyclic) bond motifs is 1. The molecule has 3 rings (SSSR count). The number of nitrogens with one attached hydrogen (secondary N) is 1. The molecule has 1 saturated heterocycles. The first-order valence-electron chi connectivity index (χ1n) is 7.65. The Morgan fingerprint density at radius 2 is 2.30 bits per heavy atom. The van der Waals surface area contributed by atoms with Gasteiger partial charge in [-0.15, -0.1) is 0 Å². The number of hydrogen-bond acceptors (Lipinski definition) is 3. The minimum atomic E-state index is 0.679. The highest BCUT2D eigenvalue weighted by molar-refractivity contribution is 5.78. The molecule has 0 bridgehead atoms. The van der Waals surface area contributed by atoms with Crippen molar-refractivity contribution in [3.8, 4) is 0 Å². The Balaban J connectivity index is 1.77. The third-order valence-electron chi connectivity index (χ3n) is 4.15. The highest BCUT2D eigenvalue weighted by Crippen LogP contribution is 2.18. The minimum Gasteiger partial charge on any atom is -0.314 e. The van der Waals surface area contributed by atoms with E-state index in [-0.39, 0.29) is 0 Å². The summed E-state index contributed by atoms with van der Waals surface area (Å²) in [5.41, 5.74) is 2.48. The van der Waals surface area contributed by atoms with E-state index in [9.17, 15) is 0 Å². The zero-order chi connectivity index (χ0) is 13.8. The fourth-order valence-corrected chi connectivity index (χ4v) is 3.09. The standard InChI is InChI=1S/C17H23N3/c1-2-4-16-12-18-9-10-20(16)13-14-6-7-17-15(11-14)5-3-8-19-17/h3,5-8,11,16,18H,2,4,9-10,12-13H2,1H3. The van der Waals surface area contributed by atoms with Gasteiger partial charge >= 0.3 is 0 Å². The summed E-state index contributed by atoms with van der Waals surface area (Å²) in [6.45, 7) is 6.71. The van der Waals surface area contributed by atoms with Crippen LogP contribution in [0.3, 0.4) is 0 Å². The Kier molecular flexibility index (Phi) is 4.28. The van der Waals surface area contributed by atoms with Crippen LogP contribution in [0, 0.1) is 0 Å². The molecule has 0 radical (unpaired) electrons. The number of pyridine rings is 1. The smallest absolute Gasteiger partial charge is 0.0702 e. The van der Waals surface area contributed by atoms with Crippen LogP contribution >= 0.6 is 0 Å². The van der Waals surface area contributed by atoms with E-state index in [0.29, 0.717) is 6.04 Å². The summed E-state index contributed by atoms with van der Waals surface area (Å²) in [7, 11) is 0. The first-order chi connectivity index (χ1) is 9.86. The van der Waals surface area contributed by atoms with Crippen molar-refractivity contribution in [2.45, 2.75) is 32.4 Å². The third-order valence-corrected chi connectivity index (χ3v) is 4.15. The second kappa shape index (κ2) is 6.33. The van der Waals surface area contributed by atoms with E-state index in [1.807, 2.05) is 12.3 Å². The number of hydrogen-bond donors (Lipinski definition) is 1. The molecule has 2 aromatic rings. The van der Waals surface area contributed by atoms with Crippen LogP contribution in [0.4, 0.5) is 0 Å². The summed E-state index contributed by atoms with van der Waals surface area (Å²) in [6.07, 6.45) is 4.39. The molecule has 0 saturated carbocycles. The maximum Gasteiger partial charge on any atom is 0.0702 e. The van der Waals surface area contributed by atoms with Gasteiger partial charge in [0.1, 0.15) is 0 Å². The lowest BCUT2D eigenvalue weighted by molar-refractivity contribution is 0.144. The lowest BCUT2D eigenvalue weighted by Gasteiger charge is -2.36. The maximum absolute atomic E-state index is 4.39. The molecule has 1 fully saturated rings. The molecule has 20 heavy (non-hydrogen) atoms. The molecule has 106 valence electrons. The van der Waals surface area contributed by atoms with Gasteiger partial charge in [-0.1, -0.05) is 25.5 Å². The van der Waals surface area contributed by atoms with Crippen LogP contribution in [0.15, 0.2) is 36.5 Å². The second-order valence-electron chi connectivity index (χ2n) is 5.65. The van der Waals surface area contributed by atoms with Crippen LogP contribution in [0.2, 0.25) is 0 Å². The van der Waals surface area contributed by atoms with Gasteiger partial charge in [0.05, 0.1) is 5.52 Å². The SMILES string of the molecule is CCCC1CNCCN1Cc1ccc2ncccc2c1. The van der Waals surface area contributed by atoms with Crippen LogP contribution in [0.25, 0.3) is 10.9 Å². The van der Waals surface area contributed by atoms with Gasteiger partial charge < -0.3 is 5.32 Å². The molecular formula is C17H23N3. The second-order valence-corrected chi connectivity index (χ2v) is 5.65. The molecule has 1 aromatic carbocycles. The maximum atomic E-state index is 4.39. The normalized spacial score (nSPS) is 20.4. The summed E-state index contributed by atoms with van der Waals surface area (Å²) >= 11 is 0. The molecular weight excluding hydrogens is 246 g/mol. The molecule has 1 aliphatic rings. The number of rotatable bonds is 4. The van der Waals surface area contributed by atoms with Crippen molar-refractivity contribution in [2.75, 3.05) is 19.6 Å². The zero-order valence-electron chi connectivity index (χ0n) is 12.2. The molecule has 2 heterocycles. The van der Waals surface area contributed by atoms with Crippen molar-refractivity contribution in [1.82, 2.24) is 15.2 Å². The summed E-state index contributed by atoms with van der Waals surface area (Å²) < 4.78 is 0. The van der Waals surface area contributed by atoms with Crippen molar-refractivity contribution in [3.63, 3.8) is 0 Å². The van der Waals surface area contributed by atoms with Crippen molar-refractivity contribution in [1.29, 1.82) is 0 Å². The quantitative estimate of drug-likeness (QED) is 0.925. The molecule has 1 aliphatic heterocycles. The van der Waals surface area contributed by atoms with Crippen LogP contribution in [0.5, 0.6) is 0 Å². The van der Waals surface area contributed by atoms with Gasteiger partial charge in [0.2, 0.25) is 0 Å². The first-order valence-corrected chi connectivity index (χ1v) is 7.65. The monoisotopic (exact) mass is 269 g/mol. The van der Waals surface area contributed by atoms with E-state index in [4.69, 9.17) is 0 Å². The van der Waals surface area contributed by atoms with Crippen LogP contribution in [0.1, 0.15) is 25.3 Å². The number of benzene rings is 1. The summed E-state index contributed by atoms with van der Waals surface area (Å²) in [6, 6.07) is 11.5. The van der Waals surface area contributed by atoms with E-state index in [2.05, 4.69) is 46.4 Å². The molecule has 3 nitrogen and oxygen atoms in total. The fourth-order valence-electron chi connectivity index (χ4n) is 3.09. The van der Waals surface area contributed by atoms with Gasteiger partial charge in [0.15, 0.2) is 0 Å². The van der Waals surface area contributed by atoms with E-state index < -0.39 is 0 Å². The molecule has 1 atom stereocenters. The molecule has 0 amide bonds. The van der Waals surface area contributed by atoms with Gasteiger partial charge in [0.25, 0.3) is 0 Å². The molecule has 0 spiro atoms. The number of piperazine rings is 1. The van der Waals surface area contributed by atoms with Crippen LogP contribution < -0.4 is 5.32 Å². The predicted molar refractivity (Wildman–Crippen MR) is 83.7 cm³/mol. The minimum absolute atomic E-state index is 0.679. The van der Waals surface area contributed by atoms with E-state index in [1.54, 1.807) is 0 Å². The van der Waals surface area contributed by atoms with Crippen molar-refractivity contribution in [2.24, 2.45) is 0 Å². The Morgan fingerprint density at radius 3 is 3.20 bits per heavy atom. The fraction of sp³-hybridized carbons (Fsp3) is 0.471. The number of nitrogens with zero attached hydrogens (tertiary/aromatic N) is 2. The predicted octanol–water partition coefficient (Wildman–Crippen LogP) is 2.81. The average Bonchev–Trinajstić information content (AvgIpc) is 2.49. The third kappa shape index (κ3) is 3.00. The summed E-state index contributed by atoms with van der Waals surface area (Å²) in [5.74, 6) is 0. The van der Waals surface area contributed by atoms with E-state index >= 15 is 0 Å². The van der Waals surface area contributed by atoms with Crippen molar-refractivity contribution >= 4 is 10.9 Å². The highest BCUT2D eigenvalue weighted by atomic mass is 15.2. The molecule has 0 aliphatic carbocycles. The summed E-state index contributed by atoms with van der Waals surface area (Å²) in [4.78, 5) is 7.01. The largest absolute Gasteiger partial charge is 0.314 e.